The first kappa shape index (κ1) is 43.0. The third kappa shape index (κ3) is 9.66. The molecule has 1 amide bonds. The number of aliphatic hydroxyl groups is 1. The Morgan fingerprint density at radius 1 is 0.860 bits per heavy atom. The Balaban J connectivity index is 1.32. The summed E-state index contributed by atoms with van der Waals surface area (Å²) in [6.45, 7) is 19.3. The molecule has 2 heterocycles. The van der Waals surface area contributed by atoms with Gasteiger partial charge in [0.05, 0.1) is 42.4 Å². The van der Waals surface area contributed by atoms with Crippen LogP contribution in [0.5, 0.6) is 0 Å². The second kappa shape index (κ2) is 17.7. The molecule has 1 N–H and O–H groups in total. The number of rotatable bonds is 13. The summed E-state index contributed by atoms with van der Waals surface area (Å²) >= 11 is 3.65. The Morgan fingerprint density at radius 2 is 1.46 bits per heavy atom. The molecule has 5 aromatic rings. The van der Waals surface area contributed by atoms with Crippen LogP contribution in [0, 0.1) is 0 Å². The van der Waals surface area contributed by atoms with Crippen molar-refractivity contribution >= 4 is 60.1 Å². The normalized spacial score (nSPS) is 17.5. The van der Waals surface area contributed by atoms with Crippen molar-refractivity contribution in [2.75, 3.05) is 6.54 Å². The number of piperidine rings is 1. The van der Waals surface area contributed by atoms with Crippen molar-refractivity contribution in [1.82, 2.24) is 14.5 Å². The van der Waals surface area contributed by atoms with Crippen LogP contribution in [0.4, 0.5) is 4.79 Å². The number of aromatic nitrogens is 2. The highest BCUT2D eigenvalue weighted by molar-refractivity contribution is 9.10. The zero-order chi connectivity index (χ0) is 41.0. The Hall–Kier alpha value is -3.59. The minimum atomic E-state index is -2.89. The molecule has 304 valence electrons. The fraction of sp³-hybridized carbons (Fsp3) is 0.435. The number of carbonyl (C=O) groups is 1. The first-order valence-electron chi connectivity index (χ1n) is 20.2. The van der Waals surface area contributed by atoms with Crippen LogP contribution in [0.2, 0.25) is 23.2 Å². The summed E-state index contributed by atoms with van der Waals surface area (Å²) in [4.78, 5) is 20.8. The van der Waals surface area contributed by atoms with Crippen LogP contribution in [0.1, 0.15) is 72.2 Å². The molecule has 1 aliphatic heterocycles. The van der Waals surface area contributed by atoms with Crippen LogP contribution in [-0.4, -0.2) is 67.1 Å². The van der Waals surface area contributed by atoms with Gasteiger partial charge in [-0.15, -0.1) is 0 Å². The van der Waals surface area contributed by atoms with E-state index in [2.05, 4.69) is 124 Å². The smallest absolute Gasteiger partial charge is 0.410 e. The van der Waals surface area contributed by atoms with Gasteiger partial charge in [0.1, 0.15) is 12.4 Å². The second-order valence-corrected chi connectivity index (χ2v) is 28.0. The molecule has 1 fully saturated rings. The van der Waals surface area contributed by atoms with Crippen molar-refractivity contribution in [1.29, 1.82) is 0 Å². The van der Waals surface area contributed by atoms with Gasteiger partial charge in [-0.05, 0) is 76.6 Å². The number of hydrogen-bond acceptors (Lipinski definition) is 6. The molecule has 0 spiro atoms. The van der Waals surface area contributed by atoms with Crippen LogP contribution >= 0.6 is 15.9 Å². The molecule has 1 saturated heterocycles. The van der Waals surface area contributed by atoms with Crippen molar-refractivity contribution < 1.29 is 23.5 Å². The maximum atomic E-state index is 13.9. The van der Waals surface area contributed by atoms with Crippen molar-refractivity contribution in [2.45, 2.75) is 122 Å². The number of aliphatic hydroxyl groups excluding tert-OH is 1. The molecular weight excluding hydrogens is 811 g/mol. The first-order valence-corrected chi connectivity index (χ1v) is 25.8. The van der Waals surface area contributed by atoms with Gasteiger partial charge < -0.3 is 28.2 Å². The van der Waals surface area contributed by atoms with Gasteiger partial charge in [-0.3, -0.25) is 0 Å². The van der Waals surface area contributed by atoms with Crippen LogP contribution in [0.3, 0.4) is 0 Å². The molecule has 1 aliphatic rings. The topological polar surface area (TPSA) is 86.0 Å². The zero-order valence-corrected chi connectivity index (χ0v) is 38.5. The van der Waals surface area contributed by atoms with Gasteiger partial charge in [0.25, 0.3) is 8.32 Å². The average Bonchev–Trinajstić information content (AvgIpc) is 3.50. The van der Waals surface area contributed by atoms with E-state index in [0.717, 1.165) is 39.7 Å². The number of hydrogen-bond donors (Lipinski definition) is 1. The number of carbonyl (C=O) groups excluding carboxylic acids is 1. The number of likely N-dealkylation sites (tertiary alicyclic amines) is 1. The van der Waals surface area contributed by atoms with Crippen LogP contribution in [0.25, 0.3) is 11.0 Å². The van der Waals surface area contributed by atoms with Gasteiger partial charge in [-0.1, -0.05) is 148 Å². The highest BCUT2D eigenvalue weighted by Crippen LogP contribution is 2.40. The van der Waals surface area contributed by atoms with Gasteiger partial charge >= 0.3 is 6.09 Å². The monoisotopic (exact) mass is 869 g/mol. The van der Waals surface area contributed by atoms with E-state index in [1.54, 1.807) is 0 Å². The van der Waals surface area contributed by atoms with E-state index in [1.807, 2.05) is 65.6 Å². The summed E-state index contributed by atoms with van der Waals surface area (Å²) in [6.07, 6.45) is 0.508. The molecule has 3 atom stereocenters. The Labute approximate surface area is 350 Å². The van der Waals surface area contributed by atoms with E-state index in [0.29, 0.717) is 13.0 Å². The summed E-state index contributed by atoms with van der Waals surface area (Å²) in [5, 5.41) is 14.3. The number of halogens is 1. The molecule has 6 rings (SSSR count). The van der Waals surface area contributed by atoms with Gasteiger partial charge in [0.2, 0.25) is 0 Å². The average molecular weight is 871 g/mol. The number of ether oxygens (including phenoxy) is 1. The highest BCUT2D eigenvalue weighted by atomic mass is 79.9. The lowest BCUT2D eigenvalue weighted by Gasteiger charge is -2.47. The van der Waals surface area contributed by atoms with Crippen LogP contribution in [0.15, 0.2) is 114 Å². The molecule has 0 radical (unpaired) electrons. The quantitative estimate of drug-likeness (QED) is 0.119. The van der Waals surface area contributed by atoms with E-state index < -0.39 is 22.7 Å². The molecule has 57 heavy (non-hydrogen) atoms. The lowest BCUT2D eigenvalue weighted by molar-refractivity contribution is -0.0130. The third-order valence-corrected chi connectivity index (χ3v) is 21.9. The molecule has 0 aliphatic carbocycles. The number of amides is 1. The summed E-state index contributed by atoms with van der Waals surface area (Å²) in [5.74, 6) is 0.743. The van der Waals surface area contributed by atoms with Gasteiger partial charge in [-0.25, -0.2) is 9.78 Å². The van der Waals surface area contributed by atoms with E-state index >= 15 is 0 Å². The second-order valence-electron chi connectivity index (χ2n) is 18.0. The fourth-order valence-corrected chi connectivity index (χ4v) is 14.2. The molecule has 1 unspecified atom stereocenters. The maximum absolute atomic E-state index is 13.9. The Kier molecular flexibility index (Phi) is 13.4. The molecule has 0 saturated carbocycles. The third-order valence-electron chi connectivity index (χ3n) is 11.9. The maximum Gasteiger partial charge on any atom is 0.410 e. The van der Waals surface area contributed by atoms with Crippen molar-refractivity contribution in [2.24, 2.45) is 0 Å². The van der Waals surface area contributed by atoms with Crippen molar-refractivity contribution in [3.8, 4) is 0 Å². The lowest BCUT2D eigenvalue weighted by atomic mass is 9.94. The SMILES string of the molecule is CC(C)(C)[Si](C)(C)O[C@H]1CCCN(C(=O)OCc2ccccc2)[C@@H]1CC(O)Cn1c(CO[Si](c2ccccc2)(c2ccccc2)C(C)(C)C)nc2cc(Br)ccc21. The molecule has 4 aromatic carbocycles. The lowest BCUT2D eigenvalue weighted by Crippen LogP contribution is -2.66. The minimum Gasteiger partial charge on any atom is -0.445 e. The van der Waals surface area contributed by atoms with Gasteiger partial charge in [-0.2, -0.15) is 0 Å². The summed E-state index contributed by atoms with van der Waals surface area (Å²) in [7, 11) is -5.12. The number of fused-ring (bicyclic) bond motifs is 1. The summed E-state index contributed by atoms with van der Waals surface area (Å²) < 4.78 is 23.4. The van der Waals surface area contributed by atoms with Crippen molar-refractivity contribution in [3.63, 3.8) is 0 Å². The fourth-order valence-electron chi connectivity index (χ4n) is 7.99. The molecule has 8 nitrogen and oxygen atoms in total. The molecule has 0 bridgehead atoms. The van der Waals surface area contributed by atoms with E-state index in [9.17, 15) is 9.90 Å². The van der Waals surface area contributed by atoms with Crippen LogP contribution < -0.4 is 10.4 Å². The predicted octanol–water partition coefficient (Wildman–Crippen LogP) is 9.82. The minimum absolute atomic E-state index is 0.0176. The summed E-state index contributed by atoms with van der Waals surface area (Å²) in [6, 6.07) is 36.7. The summed E-state index contributed by atoms with van der Waals surface area (Å²) in [5.41, 5.74) is 2.66. The molecule has 11 heteroatoms. The number of benzene rings is 4. The van der Waals surface area contributed by atoms with Gasteiger partial charge in [0.15, 0.2) is 8.32 Å². The highest BCUT2D eigenvalue weighted by Gasteiger charge is 2.50. The number of imidazole rings is 1. The van der Waals surface area contributed by atoms with E-state index in [1.165, 1.54) is 10.4 Å². The van der Waals surface area contributed by atoms with Crippen molar-refractivity contribution in [3.05, 3.63) is 125 Å². The molecule has 1 aromatic heterocycles. The Bertz CT molecular complexity index is 2040. The number of nitrogens with zero attached hydrogens (tertiary/aromatic N) is 3. The van der Waals surface area contributed by atoms with E-state index in [4.69, 9.17) is 18.6 Å². The zero-order valence-electron chi connectivity index (χ0n) is 34.9. The largest absolute Gasteiger partial charge is 0.445 e. The standard InChI is InChI=1S/C46H60BrN3O5Si2/c1-45(2,3)56(7,8)55-42-25-18-28-49(44(52)53-32-34-19-12-9-13-20-34)41(42)30-36(51)31-50-40-27-26-35(47)29-39(40)48-43(50)33-54-57(46(4,5)6,37-21-14-10-15-22-37)38-23-16-11-17-24-38/h9-17,19-24,26-27,29,36,41-42,51H,18,25,28,30-33H2,1-8H3/t36?,41-,42+/m1/s1. The first-order chi connectivity index (χ1) is 27.0. The van der Waals surface area contributed by atoms with Gasteiger partial charge in [0, 0.05) is 11.0 Å². The van der Waals surface area contributed by atoms with E-state index in [-0.39, 0.29) is 48.1 Å². The predicted molar refractivity (Wildman–Crippen MR) is 239 cm³/mol. The van der Waals surface area contributed by atoms with Crippen LogP contribution in [-0.2, 0) is 33.3 Å². The Morgan fingerprint density at radius 3 is 2.04 bits per heavy atom. The molecular formula is C46H60BrN3O5Si2.